The number of amides is 2. The van der Waals surface area contributed by atoms with Crippen LogP contribution in [0.1, 0.15) is 38.5 Å². The number of halogens is 2. The van der Waals surface area contributed by atoms with Gasteiger partial charge in [-0.15, -0.1) is 24.8 Å². The van der Waals surface area contributed by atoms with Crippen molar-refractivity contribution in [3.8, 4) is 0 Å². The Bertz CT molecular complexity index is 663. The Morgan fingerprint density at radius 1 is 1.03 bits per heavy atom. The first-order chi connectivity index (χ1) is 13.0. The molecule has 2 heterocycles. The molecule has 7 nitrogen and oxygen atoms in total. The van der Waals surface area contributed by atoms with Gasteiger partial charge < -0.3 is 26.0 Å². The zero-order valence-electron chi connectivity index (χ0n) is 16.7. The number of nitrogens with two attached hydrogens (primary N) is 1. The topological polar surface area (TPSA) is 96.7 Å². The number of hydrogen-bond donors (Lipinski definition) is 3. The lowest BCUT2D eigenvalue weighted by Gasteiger charge is -2.31. The summed E-state index contributed by atoms with van der Waals surface area (Å²) in [4.78, 5) is 27.1. The van der Waals surface area contributed by atoms with E-state index in [0.29, 0.717) is 43.9 Å². The van der Waals surface area contributed by atoms with Crippen molar-refractivity contribution < 1.29 is 14.3 Å². The van der Waals surface area contributed by atoms with Gasteiger partial charge in [0.25, 0.3) is 0 Å². The number of nitrogens with one attached hydrogen (secondary N) is 2. The van der Waals surface area contributed by atoms with E-state index in [0.717, 1.165) is 19.6 Å². The van der Waals surface area contributed by atoms with Crippen molar-refractivity contribution >= 4 is 48.0 Å². The fourth-order valence-electron chi connectivity index (χ4n) is 3.56. The smallest absolute Gasteiger partial charge is 0.244 e. The molecule has 4 N–H and O–H groups in total. The van der Waals surface area contributed by atoms with E-state index in [1.54, 1.807) is 12.1 Å². The third kappa shape index (κ3) is 7.75. The molecule has 2 fully saturated rings. The minimum Gasteiger partial charge on any atom is -0.381 e. The number of carbonyl (C=O) groups excluding carboxylic acids is 2. The zero-order valence-corrected chi connectivity index (χ0v) is 18.3. The van der Waals surface area contributed by atoms with Gasteiger partial charge in [0.15, 0.2) is 0 Å². The molecule has 2 saturated heterocycles. The summed E-state index contributed by atoms with van der Waals surface area (Å²) in [7, 11) is 0. The summed E-state index contributed by atoms with van der Waals surface area (Å²) in [6.45, 7) is 3.95. The van der Waals surface area contributed by atoms with Crippen molar-refractivity contribution in [2.75, 3.05) is 43.5 Å². The van der Waals surface area contributed by atoms with Gasteiger partial charge in [0.05, 0.1) is 0 Å². The van der Waals surface area contributed by atoms with Gasteiger partial charge in [-0.1, -0.05) is 12.5 Å². The number of benzene rings is 1. The Labute approximate surface area is 184 Å². The standard InChI is InChI=1S/C20H30N4O3.2ClH/c21-20(8-13-27-14-9-20)19(26)23-17-6-4-5-16(15-17)22-18(25)7-12-24-10-2-1-3-11-24;;/h4-6,15H,1-3,7-14,21H2,(H,22,25)(H,23,26);2*1H. The zero-order chi connectivity index (χ0) is 19.1. The molecule has 1 aromatic carbocycles. The van der Waals surface area contributed by atoms with Crippen molar-refractivity contribution in [1.82, 2.24) is 4.90 Å². The summed E-state index contributed by atoms with van der Waals surface area (Å²) >= 11 is 0. The van der Waals surface area contributed by atoms with E-state index < -0.39 is 5.54 Å². The van der Waals surface area contributed by atoms with Crippen LogP contribution in [0, 0.1) is 0 Å². The molecule has 0 radical (unpaired) electrons. The van der Waals surface area contributed by atoms with Gasteiger partial charge in [-0.05, 0) is 57.0 Å². The maximum Gasteiger partial charge on any atom is 0.244 e. The van der Waals surface area contributed by atoms with Gasteiger partial charge in [0, 0.05) is 37.6 Å². The molecule has 0 bridgehead atoms. The molecule has 29 heavy (non-hydrogen) atoms. The molecule has 2 aliphatic heterocycles. The minimum atomic E-state index is -0.897. The second-order valence-corrected chi connectivity index (χ2v) is 7.50. The van der Waals surface area contributed by atoms with Gasteiger partial charge in [-0.25, -0.2) is 0 Å². The van der Waals surface area contributed by atoms with Gasteiger partial charge in [0.2, 0.25) is 11.8 Å². The molecule has 3 rings (SSSR count). The van der Waals surface area contributed by atoms with E-state index in [1.165, 1.54) is 19.3 Å². The number of nitrogens with zero attached hydrogens (tertiary/aromatic N) is 1. The minimum absolute atomic E-state index is 0. The number of anilines is 2. The average Bonchev–Trinajstić information content (AvgIpc) is 2.68. The monoisotopic (exact) mass is 446 g/mol. The van der Waals surface area contributed by atoms with Crippen molar-refractivity contribution in [1.29, 1.82) is 0 Å². The Balaban J connectivity index is 0.00000210. The van der Waals surface area contributed by atoms with Crippen molar-refractivity contribution in [3.63, 3.8) is 0 Å². The molecular weight excluding hydrogens is 415 g/mol. The van der Waals surface area contributed by atoms with Crippen LogP contribution in [-0.2, 0) is 14.3 Å². The molecule has 0 atom stereocenters. The second-order valence-electron chi connectivity index (χ2n) is 7.50. The SMILES string of the molecule is Cl.Cl.NC1(C(=O)Nc2cccc(NC(=O)CCN3CCCCC3)c2)CCOCC1. The lowest BCUT2D eigenvalue weighted by atomic mass is 9.90. The summed E-state index contributed by atoms with van der Waals surface area (Å²) in [5.74, 6) is -0.219. The maximum absolute atomic E-state index is 12.5. The summed E-state index contributed by atoms with van der Waals surface area (Å²) in [5.41, 5.74) is 6.62. The van der Waals surface area contributed by atoms with Crippen molar-refractivity contribution in [3.05, 3.63) is 24.3 Å². The van der Waals surface area contributed by atoms with Crippen molar-refractivity contribution in [2.24, 2.45) is 5.73 Å². The Morgan fingerprint density at radius 2 is 1.66 bits per heavy atom. The first-order valence-electron chi connectivity index (χ1n) is 9.85. The van der Waals surface area contributed by atoms with Crippen LogP contribution in [0.4, 0.5) is 11.4 Å². The van der Waals surface area contributed by atoms with Gasteiger partial charge >= 0.3 is 0 Å². The molecule has 164 valence electrons. The van der Waals surface area contributed by atoms with Gasteiger partial charge in [-0.2, -0.15) is 0 Å². The third-order valence-corrected chi connectivity index (χ3v) is 5.35. The molecule has 0 aromatic heterocycles. The second kappa shape index (κ2) is 12.3. The fraction of sp³-hybridized carbons (Fsp3) is 0.600. The number of piperidine rings is 1. The largest absolute Gasteiger partial charge is 0.381 e. The molecule has 9 heteroatoms. The summed E-state index contributed by atoms with van der Waals surface area (Å²) in [6, 6.07) is 7.19. The van der Waals surface area contributed by atoms with Crippen LogP contribution in [-0.4, -0.2) is 55.1 Å². The summed E-state index contributed by atoms with van der Waals surface area (Å²) in [5, 5.41) is 5.79. The first-order valence-corrected chi connectivity index (χ1v) is 9.85. The third-order valence-electron chi connectivity index (χ3n) is 5.35. The lowest BCUT2D eigenvalue weighted by Crippen LogP contribution is -2.54. The van der Waals surface area contributed by atoms with Crippen LogP contribution in [0.2, 0.25) is 0 Å². The van der Waals surface area contributed by atoms with E-state index >= 15 is 0 Å². The summed E-state index contributed by atoms with van der Waals surface area (Å²) < 4.78 is 5.28. The van der Waals surface area contributed by atoms with E-state index in [2.05, 4.69) is 15.5 Å². The van der Waals surface area contributed by atoms with Crippen LogP contribution in [0.15, 0.2) is 24.3 Å². The molecule has 0 spiro atoms. The normalized spacial score (nSPS) is 18.7. The Morgan fingerprint density at radius 3 is 2.31 bits per heavy atom. The van der Waals surface area contributed by atoms with E-state index in [1.807, 2.05) is 12.1 Å². The van der Waals surface area contributed by atoms with Gasteiger partial charge in [0.1, 0.15) is 5.54 Å². The molecule has 1 aromatic rings. The van der Waals surface area contributed by atoms with Crippen molar-refractivity contribution in [2.45, 2.75) is 44.1 Å². The van der Waals surface area contributed by atoms with E-state index in [-0.39, 0.29) is 36.6 Å². The highest BCUT2D eigenvalue weighted by molar-refractivity contribution is 5.99. The average molecular weight is 447 g/mol. The van der Waals surface area contributed by atoms with Crippen LogP contribution < -0.4 is 16.4 Å². The number of ether oxygens (including phenoxy) is 1. The number of hydrogen-bond acceptors (Lipinski definition) is 5. The van der Waals surface area contributed by atoms with Crippen LogP contribution in [0.5, 0.6) is 0 Å². The van der Waals surface area contributed by atoms with Gasteiger partial charge in [-0.3, -0.25) is 9.59 Å². The quantitative estimate of drug-likeness (QED) is 0.623. The lowest BCUT2D eigenvalue weighted by molar-refractivity contribution is -0.124. The molecule has 0 saturated carbocycles. The number of rotatable bonds is 6. The molecule has 2 aliphatic rings. The van der Waals surface area contributed by atoms with Crippen LogP contribution >= 0.6 is 24.8 Å². The van der Waals surface area contributed by atoms with E-state index in [4.69, 9.17) is 10.5 Å². The highest BCUT2D eigenvalue weighted by atomic mass is 35.5. The predicted molar refractivity (Wildman–Crippen MR) is 120 cm³/mol. The Hall–Kier alpha value is -1.38. The fourth-order valence-corrected chi connectivity index (χ4v) is 3.56. The highest BCUT2D eigenvalue weighted by Crippen LogP contribution is 2.22. The van der Waals surface area contributed by atoms with E-state index in [9.17, 15) is 9.59 Å². The van der Waals surface area contributed by atoms with Crippen LogP contribution in [0.3, 0.4) is 0 Å². The molecule has 2 amide bonds. The maximum atomic E-state index is 12.5. The molecule has 0 unspecified atom stereocenters. The molecular formula is C20H32Cl2N4O3. The summed E-state index contributed by atoms with van der Waals surface area (Å²) in [6.07, 6.45) is 5.22. The van der Waals surface area contributed by atoms with Crippen LogP contribution in [0.25, 0.3) is 0 Å². The predicted octanol–water partition coefficient (Wildman–Crippen LogP) is 2.79. The number of carbonyl (C=O) groups is 2. The molecule has 0 aliphatic carbocycles. The Kier molecular flexibility index (Phi) is 10.9. The highest BCUT2D eigenvalue weighted by Gasteiger charge is 2.35. The number of likely N-dealkylation sites (tertiary alicyclic amines) is 1. The first kappa shape index (κ1) is 25.7.